The van der Waals surface area contributed by atoms with Crippen LogP contribution >= 0.6 is 0 Å². The fourth-order valence-electron chi connectivity index (χ4n) is 4.41. The lowest BCUT2D eigenvalue weighted by atomic mass is 9.95. The van der Waals surface area contributed by atoms with Crippen molar-refractivity contribution in [3.8, 4) is 16.8 Å². The molecular formula is C26H21FN2O2. The molecule has 5 heteroatoms. The molecule has 2 heterocycles. The summed E-state index contributed by atoms with van der Waals surface area (Å²) in [6, 6.07) is 17.9. The van der Waals surface area contributed by atoms with E-state index in [0.29, 0.717) is 6.54 Å². The van der Waals surface area contributed by atoms with Crippen LogP contribution in [-0.4, -0.2) is 21.9 Å². The van der Waals surface area contributed by atoms with Gasteiger partial charge >= 0.3 is 5.97 Å². The third-order valence-electron chi connectivity index (χ3n) is 5.81. The molecule has 0 spiro atoms. The van der Waals surface area contributed by atoms with Crippen LogP contribution in [-0.2, 0) is 6.54 Å². The number of halogens is 1. The van der Waals surface area contributed by atoms with Gasteiger partial charge in [-0.2, -0.15) is 0 Å². The maximum atomic E-state index is 13.7. The number of benzene rings is 3. The molecule has 0 bridgehead atoms. The van der Waals surface area contributed by atoms with Crippen LogP contribution in [0.5, 0.6) is 0 Å². The zero-order valence-corrected chi connectivity index (χ0v) is 17.3. The van der Waals surface area contributed by atoms with Crippen LogP contribution in [0.15, 0.2) is 65.7 Å². The zero-order chi connectivity index (χ0) is 21.7. The van der Waals surface area contributed by atoms with E-state index in [-0.39, 0.29) is 17.3 Å². The Hall–Kier alpha value is -3.73. The maximum Gasteiger partial charge on any atom is 0.335 e. The van der Waals surface area contributed by atoms with Crippen molar-refractivity contribution in [3.05, 3.63) is 88.9 Å². The fourth-order valence-corrected chi connectivity index (χ4v) is 4.41. The van der Waals surface area contributed by atoms with E-state index in [2.05, 4.69) is 35.5 Å². The van der Waals surface area contributed by atoms with Crippen LogP contribution in [0.1, 0.15) is 46.9 Å². The maximum absolute atomic E-state index is 13.7. The molecule has 154 valence electrons. The molecule has 4 aromatic rings. The largest absolute Gasteiger partial charge is 0.478 e. The van der Waals surface area contributed by atoms with Gasteiger partial charge in [0.1, 0.15) is 5.82 Å². The Bertz CT molecular complexity index is 1350. The Kier molecular flexibility index (Phi) is 4.47. The fraction of sp³-hybridized carbons (Fsp3) is 0.154. The summed E-state index contributed by atoms with van der Waals surface area (Å²) in [4.78, 5) is 15.7. The van der Waals surface area contributed by atoms with E-state index >= 15 is 0 Å². The number of carboxylic acids is 1. The zero-order valence-electron chi connectivity index (χ0n) is 17.3. The second kappa shape index (κ2) is 7.20. The highest BCUT2D eigenvalue weighted by molar-refractivity contribution is 6.03. The minimum atomic E-state index is -0.945. The Morgan fingerprint density at radius 1 is 1.06 bits per heavy atom. The van der Waals surface area contributed by atoms with Crippen molar-refractivity contribution < 1.29 is 14.3 Å². The molecule has 0 radical (unpaired) electrons. The van der Waals surface area contributed by atoms with Gasteiger partial charge in [0.25, 0.3) is 0 Å². The number of aromatic nitrogens is 1. The summed E-state index contributed by atoms with van der Waals surface area (Å²) in [7, 11) is 0. The lowest BCUT2D eigenvalue weighted by molar-refractivity contribution is 0.0697. The average Bonchev–Trinajstić information content (AvgIpc) is 3.34. The summed E-state index contributed by atoms with van der Waals surface area (Å²) in [6.07, 6.45) is 1.90. The van der Waals surface area contributed by atoms with Crippen LogP contribution in [0, 0.1) is 5.82 Å². The number of aliphatic imine (C=N–C) groups is 1. The number of hydrogen-bond donors (Lipinski definition) is 1. The Labute approximate surface area is 179 Å². The van der Waals surface area contributed by atoms with Gasteiger partial charge in [-0.3, -0.25) is 4.99 Å². The number of fused-ring (bicyclic) bond motifs is 2. The first-order valence-electron chi connectivity index (χ1n) is 10.2. The second-order valence-electron chi connectivity index (χ2n) is 8.15. The minimum Gasteiger partial charge on any atom is -0.478 e. The number of aromatic carboxylic acids is 1. The molecule has 0 amide bonds. The number of nitrogens with zero attached hydrogens (tertiary/aromatic N) is 2. The summed E-state index contributed by atoms with van der Waals surface area (Å²) in [5, 5.41) is 10.4. The van der Waals surface area contributed by atoms with E-state index in [0.717, 1.165) is 39.0 Å². The standard InChI is InChI=1S/C26H21FN2O2/c1-15(2)25-24(16-3-5-17(6-4-16)26(30)31)22-11-18-13-28-14-19(18)12-23(22)29(25)21-9-7-20(27)8-10-21/h3-12,14-15H,13H2,1-2H3,(H,30,31). The lowest BCUT2D eigenvalue weighted by Gasteiger charge is -2.16. The molecular weight excluding hydrogens is 391 g/mol. The van der Waals surface area contributed by atoms with E-state index in [9.17, 15) is 14.3 Å². The van der Waals surface area contributed by atoms with Crippen LogP contribution < -0.4 is 0 Å². The van der Waals surface area contributed by atoms with Crippen molar-refractivity contribution in [2.45, 2.75) is 26.3 Å². The van der Waals surface area contributed by atoms with Gasteiger partial charge in [-0.15, -0.1) is 0 Å². The van der Waals surface area contributed by atoms with E-state index in [4.69, 9.17) is 0 Å². The van der Waals surface area contributed by atoms with Crippen molar-refractivity contribution in [2.75, 3.05) is 0 Å². The first-order chi connectivity index (χ1) is 14.9. The number of rotatable bonds is 4. The van der Waals surface area contributed by atoms with Crippen molar-refractivity contribution in [2.24, 2.45) is 4.99 Å². The minimum absolute atomic E-state index is 0.176. The first kappa shape index (κ1) is 19.2. The summed E-state index contributed by atoms with van der Waals surface area (Å²) >= 11 is 0. The molecule has 0 unspecified atom stereocenters. The predicted octanol–water partition coefficient (Wildman–Crippen LogP) is 6.19. The van der Waals surface area contributed by atoms with Crippen molar-refractivity contribution in [1.82, 2.24) is 4.57 Å². The molecule has 0 saturated carbocycles. The van der Waals surface area contributed by atoms with Crippen LogP contribution in [0.25, 0.3) is 27.7 Å². The molecule has 1 aromatic heterocycles. The highest BCUT2D eigenvalue weighted by atomic mass is 19.1. The normalized spacial score (nSPS) is 12.6. The highest BCUT2D eigenvalue weighted by Gasteiger charge is 2.24. The van der Waals surface area contributed by atoms with Gasteiger partial charge in [0, 0.05) is 28.5 Å². The summed E-state index contributed by atoms with van der Waals surface area (Å²) in [5.41, 5.74) is 7.56. The molecule has 31 heavy (non-hydrogen) atoms. The number of hydrogen-bond acceptors (Lipinski definition) is 2. The topological polar surface area (TPSA) is 54.6 Å². The highest BCUT2D eigenvalue weighted by Crippen LogP contribution is 2.42. The SMILES string of the molecule is CC(C)c1c(-c2ccc(C(=O)O)cc2)c2cc3c(cc2n1-c1ccc(F)cc1)C=NC3. The van der Waals surface area contributed by atoms with Crippen LogP contribution in [0.4, 0.5) is 4.39 Å². The molecule has 0 aliphatic carbocycles. The molecule has 0 fully saturated rings. The third kappa shape index (κ3) is 3.13. The van der Waals surface area contributed by atoms with Gasteiger partial charge in [-0.05, 0) is 71.1 Å². The second-order valence-corrected chi connectivity index (χ2v) is 8.15. The van der Waals surface area contributed by atoms with E-state index < -0.39 is 5.97 Å². The summed E-state index contributed by atoms with van der Waals surface area (Å²) < 4.78 is 15.8. The average molecular weight is 412 g/mol. The molecule has 3 aromatic carbocycles. The van der Waals surface area contributed by atoms with E-state index in [1.165, 1.54) is 17.7 Å². The molecule has 0 saturated heterocycles. The van der Waals surface area contributed by atoms with Gasteiger partial charge in [0.15, 0.2) is 0 Å². The van der Waals surface area contributed by atoms with Gasteiger partial charge in [-0.25, -0.2) is 9.18 Å². The number of carbonyl (C=O) groups is 1. The van der Waals surface area contributed by atoms with Crippen LogP contribution in [0.2, 0.25) is 0 Å². The van der Waals surface area contributed by atoms with Gasteiger partial charge in [0.05, 0.1) is 17.6 Å². The van der Waals surface area contributed by atoms with Crippen molar-refractivity contribution in [1.29, 1.82) is 0 Å². The molecule has 1 aliphatic heterocycles. The molecule has 0 atom stereocenters. The van der Waals surface area contributed by atoms with Gasteiger partial charge < -0.3 is 9.67 Å². The van der Waals surface area contributed by atoms with Crippen molar-refractivity contribution >= 4 is 23.1 Å². The van der Waals surface area contributed by atoms with E-state index in [1.807, 2.05) is 18.3 Å². The quantitative estimate of drug-likeness (QED) is 0.434. The summed E-state index contributed by atoms with van der Waals surface area (Å²) in [5.74, 6) is -1.04. The smallest absolute Gasteiger partial charge is 0.335 e. The molecule has 1 aliphatic rings. The van der Waals surface area contributed by atoms with Gasteiger partial charge in [-0.1, -0.05) is 26.0 Å². The molecule has 1 N–H and O–H groups in total. The Morgan fingerprint density at radius 3 is 2.42 bits per heavy atom. The monoisotopic (exact) mass is 412 g/mol. The van der Waals surface area contributed by atoms with E-state index in [1.54, 1.807) is 24.3 Å². The summed E-state index contributed by atoms with van der Waals surface area (Å²) in [6.45, 7) is 4.93. The van der Waals surface area contributed by atoms with Crippen LogP contribution in [0.3, 0.4) is 0 Å². The third-order valence-corrected chi connectivity index (χ3v) is 5.81. The van der Waals surface area contributed by atoms with Crippen molar-refractivity contribution in [3.63, 3.8) is 0 Å². The Balaban J connectivity index is 1.87. The molecule has 5 rings (SSSR count). The molecule has 4 nitrogen and oxygen atoms in total. The predicted molar refractivity (Wildman–Crippen MR) is 121 cm³/mol. The first-order valence-corrected chi connectivity index (χ1v) is 10.2. The Morgan fingerprint density at radius 2 is 1.77 bits per heavy atom. The number of carboxylic acid groups (broad SMARTS) is 1. The van der Waals surface area contributed by atoms with Gasteiger partial charge in [0.2, 0.25) is 0 Å². The lowest BCUT2D eigenvalue weighted by Crippen LogP contribution is -2.03.